The quantitative estimate of drug-likeness (QED) is 0.714. The van der Waals surface area contributed by atoms with Crippen LogP contribution < -0.4 is 4.74 Å². The monoisotopic (exact) mass is 190 g/mol. The van der Waals surface area contributed by atoms with E-state index in [0.717, 1.165) is 16.9 Å². The molecule has 0 radical (unpaired) electrons. The molecule has 1 aliphatic rings. The minimum Gasteiger partial charge on any atom is -0.460 e. The Balaban J connectivity index is 2.31. The number of aryl methyl sites for hydroxylation is 1. The zero-order valence-corrected chi connectivity index (χ0v) is 8.54. The number of hydrogen-bond acceptors (Lipinski definition) is 2. The molecule has 1 unspecified atom stereocenters. The molecule has 0 N–H and O–H groups in total. The first-order valence-corrected chi connectivity index (χ1v) is 4.80. The smallest absolute Gasteiger partial charge is 0.226 e. The molecule has 1 atom stereocenters. The fourth-order valence-electron chi connectivity index (χ4n) is 1.60. The van der Waals surface area contributed by atoms with Crippen molar-refractivity contribution in [2.24, 2.45) is 0 Å². The van der Waals surface area contributed by atoms with Gasteiger partial charge < -0.3 is 9.47 Å². The Morgan fingerprint density at radius 3 is 3.00 bits per heavy atom. The molecule has 1 aliphatic heterocycles. The number of fused-ring (bicyclic) bond motifs is 1. The normalized spacial score (nSPS) is 19.3. The first kappa shape index (κ1) is 9.28. The van der Waals surface area contributed by atoms with Crippen molar-refractivity contribution in [1.29, 1.82) is 0 Å². The molecule has 1 heterocycles. The van der Waals surface area contributed by atoms with Gasteiger partial charge in [-0.2, -0.15) is 0 Å². The van der Waals surface area contributed by atoms with Gasteiger partial charge in [-0.3, -0.25) is 0 Å². The average molecular weight is 190 g/mol. The third-order valence-corrected chi connectivity index (χ3v) is 2.32. The summed E-state index contributed by atoms with van der Waals surface area (Å²) in [6, 6.07) is 6.08. The molecular weight excluding hydrogens is 176 g/mol. The van der Waals surface area contributed by atoms with E-state index in [9.17, 15) is 0 Å². The fraction of sp³-hybridized carbons (Fsp3) is 0.333. The van der Waals surface area contributed by atoms with Gasteiger partial charge in [-0.25, -0.2) is 0 Å². The van der Waals surface area contributed by atoms with Crippen LogP contribution in [-0.4, -0.2) is 12.9 Å². The lowest BCUT2D eigenvalue weighted by Crippen LogP contribution is -2.15. The van der Waals surface area contributed by atoms with Gasteiger partial charge in [0.1, 0.15) is 5.75 Å². The second-order valence-corrected chi connectivity index (χ2v) is 3.43. The highest BCUT2D eigenvalue weighted by Crippen LogP contribution is 2.37. The predicted octanol–water partition coefficient (Wildman–Crippen LogP) is 2.76. The van der Waals surface area contributed by atoms with Crippen LogP contribution >= 0.6 is 0 Å². The van der Waals surface area contributed by atoms with E-state index in [-0.39, 0.29) is 6.29 Å². The predicted molar refractivity (Wildman–Crippen MR) is 56.3 cm³/mol. The number of benzene rings is 1. The van der Waals surface area contributed by atoms with Crippen LogP contribution in [0.4, 0.5) is 0 Å². The van der Waals surface area contributed by atoms with Gasteiger partial charge in [0.05, 0.1) is 0 Å². The van der Waals surface area contributed by atoms with Crippen molar-refractivity contribution < 1.29 is 9.47 Å². The van der Waals surface area contributed by atoms with E-state index in [1.807, 2.05) is 19.1 Å². The number of ether oxygens (including phenoxy) is 2. The van der Waals surface area contributed by atoms with Gasteiger partial charge in [-0.1, -0.05) is 18.2 Å². The summed E-state index contributed by atoms with van der Waals surface area (Å²) in [5.74, 6) is 0.874. The first-order chi connectivity index (χ1) is 6.72. The van der Waals surface area contributed by atoms with Crippen LogP contribution in [0.3, 0.4) is 0 Å². The van der Waals surface area contributed by atoms with Gasteiger partial charge in [-0.15, -0.1) is 0 Å². The summed E-state index contributed by atoms with van der Waals surface area (Å²) in [5, 5.41) is 0. The Labute approximate surface area is 84.2 Å². The van der Waals surface area contributed by atoms with Crippen LogP contribution in [0.15, 0.2) is 24.8 Å². The Bertz CT molecular complexity index is 369. The third-order valence-electron chi connectivity index (χ3n) is 2.32. The fourth-order valence-corrected chi connectivity index (χ4v) is 1.60. The van der Waals surface area contributed by atoms with Crippen LogP contribution in [-0.2, 0) is 4.74 Å². The summed E-state index contributed by atoms with van der Waals surface area (Å²) < 4.78 is 11.0. The van der Waals surface area contributed by atoms with Gasteiger partial charge in [0.15, 0.2) is 0 Å². The zero-order chi connectivity index (χ0) is 10.1. The Kier molecular flexibility index (Phi) is 2.30. The molecule has 0 aliphatic carbocycles. The number of hydrogen-bond donors (Lipinski definition) is 0. The summed E-state index contributed by atoms with van der Waals surface area (Å²) in [6.07, 6.45) is -0.295. The average Bonchev–Trinajstić information content (AvgIpc) is 2.46. The number of rotatable bonds is 2. The van der Waals surface area contributed by atoms with Crippen LogP contribution in [0.25, 0.3) is 5.57 Å². The Morgan fingerprint density at radius 1 is 1.50 bits per heavy atom. The third kappa shape index (κ3) is 1.42. The highest BCUT2D eigenvalue weighted by molar-refractivity contribution is 5.75. The van der Waals surface area contributed by atoms with Crippen LogP contribution in [0.1, 0.15) is 18.1 Å². The second kappa shape index (κ2) is 3.46. The molecule has 0 saturated heterocycles. The Morgan fingerprint density at radius 2 is 2.29 bits per heavy atom. The van der Waals surface area contributed by atoms with E-state index < -0.39 is 0 Å². The van der Waals surface area contributed by atoms with E-state index in [1.54, 1.807) is 0 Å². The highest BCUT2D eigenvalue weighted by atomic mass is 16.7. The lowest BCUT2D eigenvalue weighted by molar-refractivity contribution is -0.0244. The molecule has 1 aromatic carbocycles. The molecule has 0 saturated carbocycles. The second-order valence-electron chi connectivity index (χ2n) is 3.43. The molecule has 0 aromatic heterocycles. The Hall–Kier alpha value is -1.28. The summed E-state index contributed by atoms with van der Waals surface area (Å²) in [6.45, 7) is 8.63. The SMILES string of the molecule is C=C1c2cc(C)ccc2OC1OCC. The lowest BCUT2D eigenvalue weighted by atomic mass is 10.1. The molecule has 2 rings (SSSR count). The van der Waals surface area contributed by atoms with Crippen molar-refractivity contribution in [3.05, 3.63) is 35.9 Å². The molecule has 14 heavy (non-hydrogen) atoms. The van der Waals surface area contributed by atoms with Crippen molar-refractivity contribution in [3.63, 3.8) is 0 Å². The van der Waals surface area contributed by atoms with E-state index >= 15 is 0 Å². The van der Waals surface area contributed by atoms with Crippen LogP contribution in [0, 0.1) is 6.92 Å². The van der Waals surface area contributed by atoms with E-state index in [4.69, 9.17) is 9.47 Å². The van der Waals surface area contributed by atoms with Gasteiger partial charge in [0.2, 0.25) is 6.29 Å². The first-order valence-electron chi connectivity index (χ1n) is 4.80. The topological polar surface area (TPSA) is 18.5 Å². The van der Waals surface area contributed by atoms with Crippen LogP contribution in [0.5, 0.6) is 5.75 Å². The van der Waals surface area contributed by atoms with Gasteiger partial charge >= 0.3 is 0 Å². The van der Waals surface area contributed by atoms with Crippen molar-refractivity contribution in [2.75, 3.05) is 6.61 Å². The van der Waals surface area contributed by atoms with E-state index in [2.05, 4.69) is 19.6 Å². The van der Waals surface area contributed by atoms with Crippen molar-refractivity contribution in [3.8, 4) is 5.75 Å². The van der Waals surface area contributed by atoms with Gasteiger partial charge in [0, 0.05) is 17.7 Å². The maximum atomic E-state index is 5.59. The highest BCUT2D eigenvalue weighted by Gasteiger charge is 2.26. The minimum absolute atomic E-state index is 0.295. The summed E-state index contributed by atoms with van der Waals surface area (Å²) in [4.78, 5) is 0. The molecular formula is C12H14O2. The van der Waals surface area contributed by atoms with Gasteiger partial charge in [0.25, 0.3) is 0 Å². The van der Waals surface area contributed by atoms with Crippen molar-refractivity contribution >= 4 is 5.57 Å². The van der Waals surface area contributed by atoms with Crippen molar-refractivity contribution in [2.45, 2.75) is 20.1 Å². The molecule has 1 aromatic rings. The molecule has 2 nitrogen and oxygen atoms in total. The summed E-state index contributed by atoms with van der Waals surface area (Å²) >= 11 is 0. The molecule has 0 amide bonds. The molecule has 0 fully saturated rings. The molecule has 74 valence electrons. The van der Waals surface area contributed by atoms with E-state index in [0.29, 0.717) is 6.61 Å². The zero-order valence-electron chi connectivity index (χ0n) is 8.54. The van der Waals surface area contributed by atoms with Gasteiger partial charge in [-0.05, 0) is 26.0 Å². The minimum atomic E-state index is -0.295. The lowest BCUT2D eigenvalue weighted by Gasteiger charge is -2.10. The van der Waals surface area contributed by atoms with Crippen molar-refractivity contribution in [1.82, 2.24) is 0 Å². The summed E-state index contributed by atoms with van der Waals surface area (Å²) in [5.41, 5.74) is 3.21. The molecule has 2 heteroatoms. The largest absolute Gasteiger partial charge is 0.460 e. The standard InChI is InChI=1S/C12H14O2/c1-4-13-12-9(3)10-7-8(2)5-6-11(10)14-12/h5-7,12H,3-4H2,1-2H3. The summed E-state index contributed by atoms with van der Waals surface area (Å²) in [7, 11) is 0. The van der Waals surface area contributed by atoms with Crippen LogP contribution in [0.2, 0.25) is 0 Å². The van der Waals surface area contributed by atoms with E-state index in [1.165, 1.54) is 5.56 Å². The molecule has 0 spiro atoms. The maximum Gasteiger partial charge on any atom is 0.226 e. The molecule has 0 bridgehead atoms. The maximum absolute atomic E-state index is 5.59.